The predicted molar refractivity (Wildman–Crippen MR) is 67.0 cm³/mol. The number of hydrogen-bond donors (Lipinski definition) is 1. The molecule has 0 atom stereocenters. The van der Waals surface area contributed by atoms with Crippen molar-refractivity contribution in [2.75, 3.05) is 20.8 Å². The van der Waals surface area contributed by atoms with Gasteiger partial charge in [0.1, 0.15) is 11.5 Å². The van der Waals surface area contributed by atoms with Gasteiger partial charge in [0.25, 0.3) is 0 Å². The molecule has 1 aromatic rings. The van der Waals surface area contributed by atoms with Crippen LogP contribution in [-0.4, -0.2) is 20.8 Å². The molecular weight excluding hydrogens is 202 g/mol. The Morgan fingerprint density at radius 3 is 2.50 bits per heavy atom. The molecule has 0 spiro atoms. The van der Waals surface area contributed by atoms with Gasteiger partial charge < -0.3 is 15.2 Å². The van der Waals surface area contributed by atoms with Gasteiger partial charge in [0.15, 0.2) is 0 Å². The molecule has 1 rings (SSSR count). The van der Waals surface area contributed by atoms with Crippen molar-refractivity contribution in [3.8, 4) is 11.5 Å². The number of methoxy groups -OCH3 is 2. The molecule has 0 unspecified atom stereocenters. The van der Waals surface area contributed by atoms with Crippen LogP contribution in [-0.2, 0) is 6.42 Å². The first-order valence-electron chi connectivity index (χ1n) is 5.38. The highest BCUT2D eigenvalue weighted by atomic mass is 16.5. The Bertz CT molecular complexity index is 372. The third-order valence-corrected chi connectivity index (χ3v) is 2.46. The second-order valence-electron chi connectivity index (χ2n) is 3.39. The fourth-order valence-electron chi connectivity index (χ4n) is 1.66. The van der Waals surface area contributed by atoms with E-state index in [1.54, 1.807) is 14.2 Å². The molecule has 0 saturated heterocycles. The normalized spacial score (nSPS) is 10.8. The third kappa shape index (κ3) is 2.76. The van der Waals surface area contributed by atoms with Crippen LogP contribution in [0.15, 0.2) is 18.2 Å². The van der Waals surface area contributed by atoms with Gasteiger partial charge in [-0.15, -0.1) is 0 Å². The Labute approximate surface area is 96.9 Å². The lowest BCUT2D eigenvalue weighted by Crippen LogP contribution is -1.97. The fraction of sp³-hybridized carbons (Fsp3) is 0.385. The van der Waals surface area contributed by atoms with E-state index in [9.17, 15) is 0 Å². The average molecular weight is 221 g/mol. The van der Waals surface area contributed by atoms with Crippen molar-refractivity contribution >= 4 is 6.08 Å². The fourth-order valence-corrected chi connectivity index (χ4v) is 1.66. The molecule has 0 aliphatic rings. The van der Waals surface area contributed by atoms with E-state index in [0.29, 0.717) is 6.54 Å². The van der Waals surface area contributed by atoms with Crippen molar-refractivity contribution < 1.29 is 9.47 Å². The van der Waals surface area contributed by atoms with E-state index >= 15 is 0 Å². The van der Waals surface area contributed by atoms with Gasteiger partial charge in [-0.1, -0.05) is 19.1 Å². The second-order valence-corrected chi connectivity index (χ2v) is 3.39. The zero-order valence-electron chi connectivity index (χ0n) is 10.1. The summed E-state index contributed by atoms with van der Waals surface area (Å²) >= 11 is 0. The smallest absolute Gasteiger partial charge is 0.126 e. The molecule has 88 valence electrons. The SMILES string of the molecule is CCc1c(/C=C/CN)cc(OC)cc1OC. The molecule has 0 fully saturated rings. The minimum absolute atomic E-state index is 0.530. The van der Waals surface area contributed by atoms with Crippen LogP contribution in [0.3, 0.4) is 0 Å². The van der Waals surface area contributed by atoms with E-state index < -0.39 is 0 Å². The monoisotopic (exact) mass is 221 g/mol. The summed E-state index contributed by atoms with van der Waals surface area (Å²) in [7, 11) is 3.32. The zero-order chi connectivity index (χ0) is 12.0. The first-order valence-corrected chi connectivity index (χ1v) is 5.38. The summed E-state index contributed by atoms with van der Waals surface area (Å²) in [6.07, 6.45) is 4.84. The maximum Gasteiger partial charge on any atom is 0.126 e. The molecule has 0 aromatic heterocycles. The first-order chi connectivity index (χ1) is 7.76. The summed E-state index contributed by atoms with van der Waals surface area (Å²) in [5, 5.41) is 0. The Kier molecular flexibility index (Phi) is 4.86. The van der Waals surface area contributed by atoms with Gasteiger partial charge >= 0.3 is 0 Å². The van der Waals surface area contributed by atoms with E-state index in [0.717, 1.165) is 23.5 Å². The summed E-state index contributed by atoms with van der Waals surface area (Å²) in [6, 6.07) is 3.89. The molecule has 0 heterocycles. The van der Waals surface area contributed by atoms with E-state index in [1.165, 1.54) is 5.56 Å². The van der Waals surface area contributed by atoms with E-state index in [4.69, 9.17) is 15.2 Å². The van der Waals surface area contributed by atoms with Crippen molar-refractivity contribution in [2.24, 2.45) is 5.73 Å². The van der Waals surface area contributed by atoms with Crippen molar-refractivity contribution in [1.82, 2.24) is 0 Å². The molecule has 0 bridgehead atoms. The van der Waals surface area contributed by atoms with Gasteiger partial charge in [-0.3, -0.25) is 0 Å². The largest absolute Gasteiger partial charge is 0.497 e. The molecule has 0 amide bonds. The maximum atomic E-state index is 5.46. The highest BCUT2D eigenvalue weighted by Crippen LogP contribution is 2.29. The zero-order valence-corrected chi connectivity index (χ0v) is 10.1. The van der Waals surface area contributed by atoms with Crippen LogP contribution in [0.1, 0.15) is 18.1 Å². The first kappa shape index (κ1) is 12.6. The maximum absolute atomic E-state index is 5.46. The second kappa shape index (κ2) is 6.18. The van der Waals surface area contributed by atoms with E-state index in [2.05, 4.69) is 6.92 Å². The molecule has 16 heavy (non-hydrogen) atoms. The number of ether oxygens (including phenoxy) is 2. The Balaban J connectivity index is 3.25. The number of hydrogen-bond acceptors (Lipinski definition) is 3. The topological polar surface area (TPSA) is 44.5 Å². The van der Waals surface area contributed by atoms with Crippen LogP contribution >= 0.6 is 0 Å². The van der Waals surface area contributed by atoms with Crippen LogP contribution in [0, 0.1) is 0 Å². The molecule has 0 radical (unpaired) electrons. The van der Waals surface area contributed by atoms with Gasteiger partial charge in [0.2, 0.25) is 0 Å². The van der Waals surface area contributed by atoms with Crippen molar-refractivity contribution in [2.45, 2.75) is 13.3 Å². The van der Waals surface area contributed by atoms with Crippen molar-refractivity contribution in [1.29, 1.82) is 0 Å². The molecule has 2 N–H and O–H groups in total. The molecular formula is C13H19NO2. The van der Waals surface area contributed by atoms with Crippen molar-refractivity contribution in [3.05, 3.63) is 29.3 Å². The standard InChI is InChI=1S/C13H19NO2/c1-4-12-10(6-5-7-14)8-11(15-2)9-13(12)16-3/h5-6,8-9H,4,7,14H2,1-3H3/b6-5+. The molecule has 0 aliphatic heterocycles. The minimum atomic E-state index is 0.530. The molecule has 0 aliphatic carbocycles. The highest BCUT2D eigenvalue weighted by Gasteiger charge is 2.08. The Morgan fingerprint density at radius 1 is 1.25 bits per heavy atom. The van der Waals surface area contributed by atoms with Crippen LogP contribution in [0.5, 0.6) is 11.5 Å². The molecule has 0 saturated carbocycles. The van der Waals surface area contributed by atoms with Crippen LogP contribution in [0.2, 0.25) is 0 Å². The number of nitrogens with two attached hydrogens (primary N) is 1. The van der Waals surface area contributed by atoms with Gasteiger partial charge in [-0.05, 0) is 18.1 Å². The van der Waals surface area contributed by atoms with E-state index in [-0.39, 0.29) is 0 Å². The summed E-state index contributed by atoms with van der Waals surface area (Å²) in [5.74, 6) is 1.66. The van der Waals surface area contributed by atoms with Gasteiger partial charge in [0.05, 0.1) is 14.2 Å². The summed E-state index contributed by atoms with van der Waals surface area (Å²) in [5.41, 5.74) is 7.73. The lowest BCUT2D eigenvalue weighted by atomic mass is 10.0. The van der Waals surface area contributed by atoms with Crippen LogP contribution in [0.25, 0.3) is 6.08 Å². The quantitative estimate of drug-likeness (QED) is 0.829. The average Bonchev–Trinajstić information content (AvgIpc) is 2.34. The molecule has 3 heteroatoms. The summed E-state index contributed by atoms with van der Waals surface area (Å²) in [4.78, 5) is 0. The predicted octanol–water partition coefficient (Wildman–Crippen LogP) is 2.24. The lowest BCUT2D eigenvalue weighted by Gasteiger charge is -2.12. The number of benzene rings is 1. The summed E-state index contributed by atoms with van der Waals surface area (Å²) < 4.78 is 10.6. The van der Waals surface area contributed by atoms with Crippen LogP contribution in [0.4, 0.5) is 0 Å². The van der Waals surface area contributed by atoms with Gasteiger partial charge in [0, 0.05) is 18.2 Å². The number of rotatable bonds is 5. The lowest BCUT2D eigenvalue weighted by molar-refractivity contribution is 0.391. The van der Waals surface area contributed by atoms with Gasteiger partial charge in [-0.25, -0.2) is 0 Å². The van der Waals surface area contributed by atoms with E-state index in [1.807, 2.05) is 24.3 Å². The minimum Gasteiger partial charge on any atom is -0.497 e. The third-order valence-electron chi connectivity index (χ3n) is 2.46. The summed E-state index contributed by atoms with van der Waals surface area (Å²) in [6.45, 7) is 2.63. The van der Waals surface area contributed by atoms with Crippen molar-refractivity contribution in [3.63, 3.8) is 0 Å². The Hall–Kier alpha value is -1.48. The molecule has 1 aromatic carbocycles. The van der Waals surface area contributed by atoms with Gasteiger partial charge in [-0.2, -0.15) is 0 Å². The Morgan fingerprint density at radius 2 is 2.00 bits per heavy atom. The highest BCUT2D eigenvalue weighted by molar-refractivity contribution is 5.61. The molecule has 3 nitrogen and oxygen atoms in total. The van der Waals surface area contributed by atoms with Crippen LogP contribution < -0.4 is 15.2 Å².